The molecular formula is C14H18FN3. The Balaban J connectivity index is 2.02. The molecule has 2 rings (SSSR count). The average Bonchev–Trinajstić information content (AvgIpc) is 2.76. The first-order valence-corrected chi connectivity index (χ1v) is 6.09. The van der Waals surface area contributed by atoms with E-state index in [2.05, 4.69) is 24.3 Å². The monoisotopic (exact) mass is 247 g/mol. The number of aromatic nitrogens is 2. The molecule has 0 radical (unpaired) electrons. The van der Waals surface area contributed by atoms with Gasteiger partial charge in [0.1, 0.15) is 5.82 Å². The summed E-state index contributed by atoms with van der Waals surface area (Å²) in [5, 5.41) is 7.57. The van der Waals surface area contributed by atoms with Gasteiger partial charge in [0.05, 0.1) is 6.20 Å². The molecule has 0 bridgehead atoms. The van der Waals surface area contributed by atoms with E-state index in [0.29, 0.717) is 12.6 Å². The zero-order valence-corrected chi connectivity index (χ0v) is 10.9. The molecule has 0 fully saturated rings. The van der Waals surface area contributed by atoms with Crippen molar-refractivity contribution >= 4 is 5.69 Å². The van der Waals surface area contributed by atoms with Gasteiger partial charge in [-0.15, -0.1) is 0 Å². The Morgan fingerprint density at radius 2 is 2.17 bits per heavy atom. The Labute approximate surface area is 107 Å². The second-order valence-corrected chi connectivity index (χ2v) is 4.74. The maximum absolute atomic E-state index is 13.0. The van der Waals surface area contributed by atoms with Crippen LogP contribution in [-0.4, -0.2) is 9.78 Å². The number of hydrogen-bond acceptors (Lipinski definition) is 2. The first-order valence-electron chi connectivity index (χ1n) is 6.09. The van der Waals surface area contributed by atoms with Crippen molar-refractivity contribution in [1.82, 2.24) is 9.78 Å². The van der Waals surface area contributed by atoms with Gasteiger partial charge in [0.15, 0.2) is 0 Å². The molecule has 0 spiro atoms. The molecule has 1 aromatic carbocycles. The molecule has 3 nitrogen and oxygen atoms in total. The zero-order valence-electron chi connectivity index (χ0n) is 10.9. The summed E-state index contributed by atoms with van der Waals surface area (Å²) in [5.74, 6) is -0.203. The van der Waals surface area contributed by atoms with Gasteiger partial charge >= 0.3 is 0 Å². The first kappa shape index (κ1) is 12.6. The molecule has 1 N–H and O–H groups in total. The minimum absolute atomic E-state index is 0.203. The lowest BCUT2D eigenvalue weighted by atomic mass is 10.2. The van der Waals surface area contributed by atoms with E-state index in [4.69, 9.17) is 0 Å². The number of halogens is 1. The van der Waals surface area contributed by atoms with Gasteiger partial charge in [0, 0.05) is 30.0 Å². The number of benzene rings is 1. The summed E-state index contributed by atoms with van der Waals surface area (Å²) in [6.07, 6.45) is 3.88. The van der Waals surface area contributed by atoms with E-state index in [0.717, 1.165) is 16.8 Å². The maximum atomic E-state index is 13.0. The lowest BCUT2D eigenvalue weighted by Gasteiger charge is -2.08. The standard InChI is InChI=1S/C14H18FN3/c1-10(2)18-9-12(8-17-18)7-16-14-5-4-13(15)6-11(14)3/h4-6,8-10,16H,7H2,1-3H3. The summed E-state index contributed by atoms with van der Waals surface area (Å²) in [4.78, 5) is 0. The quantitative estimate of drug-likeness (QED) is 0.895. The van der Waals surface area contributed by atoms with Crippen LogP contribution in [0.5, 0.6) is 0 Å². The van der Waals surface area contributed by atoms with Crippen molar-refractivity contribution in [3.05, 3.63) is 47.5 Å². The molecule has 0 amide bonds. The summed E-state index contributed by atoms with van der Waals surface area (Å²) in [6.45, 7) is 6.77. The zero-order chi connectivity index (χ0) is 13.1. The summed E-state index contributed by atoms with van der Waals surface area (Å²) in [6, 6.07) is 5.12. The van der Waals surface area contributed by atoms with Crippen molar-refractivity contribution in [3.8, 4) is 0 Å². The van der Waals surface area contributed by atoms with E-state index in [1.807, 2.05) is 24.0 Å². The van der Waals surface area contributed by atoms with Crippen molar-refractivity contribution in [2.45, 2.75) is 33.4 Å². The van der Waals surface area contributed by atoms with Gasteiger partial charge in [-0.25, -0.2) is 4.39 Å². The third-order valence-electron chi connectivity index (χ3n) is 2.86. The minimum atomic E-state index is -0.203. The number of nitrogens with zero attached hydrogens (tertiary/aromatic N) is 2. The number of anilines is 1. The summed E-state index contributed by atoms with van der Waals surface area (Å²) < 4.78 is 14.9. The molecule has 0 unspecified atom stereocenters. The maximum Gasteiger partial charge on any atom is 0.123 e. The Hall–Kier alpha value is -1.84. The molecule has 0 saturated carbocycles. The lowest BCUT2D eigenvalue weighted by molar-refractivity contribution is 0.532. The Morgan fingerprint density at radius 3 is 2.78 bits per heavy atom. The Morgan fingerprint density at radius 1 is 1.39 bits per heavy atom. The molecule has 1 heterocycles. The van der Waals surface area contributed by atoms with E-state index in [9.17, 15) is 4.39 Å². The molecule has 96 valence electrons. The fourth-order valence-corrected chi connectivity index (χ4v) is 1.77. The summed E-state index contributed by atoms with van der Waals surface area (Å²) >= 11 is 0. The predicted molar refractivity (Wildman–Crippen MR) is 71.1 cm³/mol. The van der Waals surface area contributed by atoms with Crippen LogP contribution in [-0.2, 0) is 6.54 Å². The van der Waals surface area contributed by atoms with Crippen molar-refractivity contribution in [1.29, 1.82) is 0 Å². The van der Waals surface area contributed by atoms with E-state index in [1.165, 1.54) is 12.1 Å². The van der Waals surface area contributed by atoms with Crippen LogP contribution in [0.2, 0.25) is 0 Å². The summed E-state index contributed by atoms with van der Waals surface area (Å²) in [7, 11) is 0. The number of nitrogens with one attached hydrogen (secondary N) is 1. The van der Waals surface area contributed by atoms with E-state index in [-0.39, 0.29) is 5.82 Å². The van der Waals surface area contributed by atoms with Crippen LogP contribution in [0.1, 0.15) is 31.0 Å². The fourth-order valence-electron chi connectivity index (χ4n) is 1.77. The highest BCUT2D eigenvalue weighted by atomic mass is 19.1. The second-order valence-electron chi connectivity index (χ2n) is 4.74. The molecule has 0 aliphatic heterocycles. The molecule has 0 saturated heterocycles. The molecule has 0 aliphatic rings. The van der Waals surface area contributed by atoms with E-state index >= 15 is 0 Å². The molecular weight excluding hydrogens is 229 g/mol. The molecule has 0 aliphatic carbocycles. The topological polar surface area (TPSA) is 29.9 Å². The fraction of sp³-hybridized carbons (Fsp3) is 0.357. The third kappa shape index (κ3) is 2.88. The summed E-state index contributed by atoms with van der Waals surface area (Å²) in [5.41, 5.74) is 2.98. The highest BCUT2D eigenvalue weighted by molar-refractivity contribution is 5.50. The van der Waals surface area contributed by atoms with Gasteiger partial charge in [0.2, 0.25) is 0 Å². The third-order valence-corrected chi connectivity index (χ3v) is 2.86. The SMILES string of the molecule is Cc1cc(F)ccc1NCc1cnn(C(C)C)c1. The van der Waals surface area contributed by atoms with Gasteiger partial charge in [0.25, 0.3) is 0 Å². The van der Waals surface area contributed by atoms with Crippen LogP contribution >= 0.6 is 0 Å². The van der Waals surface area contributed by atoms with E-state index in [1.54, 1.807) is 6.07 Å². The molecule has 0 atom stereocenters. The van der Waals surface area contributed by atoms with Gasteiger partial charge in [-0.2, -0.15) is 5.10 Å². The van der Waals surface area contributed by atoms with Crippen LogP contribution < -0.4 is 5.32 Å². The average molecular weight is 247 g/mol. The number of rotatable bonds is 4. The molecule has 18 heavy (non-hydrogen) atoms. The van der Waals surface area contributed by atoms with Crippen molar-refractivity contribution in [3.63, 3.8) is 0 Å². The minimum Gasteiger partial charge on any atom is -0.381 e. The molecule has 1 aromatic heterocycles. The van der Waals surface area contributed by atoms with Gasteiger partial charge in [-0.3, -0.25) is 4.68 Å². The van der Waals surface area contributed by atoms with Gasteiger partial charge in [-0.05, 0) is 44.5 Å². The van der Waals surface area contributed by atoms with Crippen LogP contribution in [0.4, 0.5) is 10.1 Å². The Kier molecular flexibility index (Phi) is 3.65. The van der Waals surface area contributed by atoms with Crippen molar-refractivity contribution in [2.24, 2.45) is 0 Å². The van der Waals surface area contributed by atoms with Crippen LogP contribution in [0.25, 0.3) is 0 Å². The number of hydrogen-bond donors (Lipinski definition) is 1. The highest BCUT2D eigenvalue weighted by Crippen LogP contribution is 2.16. The van der Waals surface area contributed by atoms with Crippen LogP contribution in [0, 0.1) is 12.7 Å². The largest absolute Gasteiger partial charge is 0.381 e. The predicted octanol–water partition coefficient (Wildman–Crippen LogP) is 3.52. The number of aryl methyl sites for hydroxylation is 1. The van der Waals surface area contributed by atoms with Gasteiger partial charge < -0.3 is 5.32 Å². The first-order chi connectivity index (χ1) is 8.56. The highest BCUT2D eigenvalue weighted by Gasteiger charge is 2.03. The molecule has 2 aromatic rings. The van der Waals surface area contributed by atoms with Crippen LogP contribution in [0.15, 0.2) is 30.6 Å². The smallest absolute Gasteiger partial charge is 0.123 e. The van der Waals surface area contributed by atoms with Gasteiger partial charge in [-0.1, -0.05) is 0 Å². The second kappa shape index (κ2) is 5.21. The van der Waals surface area contributed by atoms with E-state index < -0.39 is 0 Å². The molecule has 4 heteroatoms. The normalized spacial score (nSPS) is 10.9. The Bertz CT molecular complexity index is 532. The van der Waals surface area contributed by atoms with Crippen LogP contribution in [0.3, 0.4) is 0 Å². The lowest BCUT2D eigenvalue weighted by Crippen LogP contribution is -2.02. The van der Waals surface area contributed by atoms with Crippen molar-refractivity contribution in [2.75, 3.05) is 5.32 Å². The van der Waals surface area contributed by atoms with Crippen molar-refractivity contribution < 1.29 is 4.39 Å².